The third kappa shape index (κ3) is 5.33. The Balaban J connectivity index is 2.09. The van der Waals surface area contributed by atoms with E-state index in [9.17, 15) is 22.8 Å². The number of halogens is 3. The van der Waals surface area contributed by atoms with Crippen LogP contribution in [0, 0.1) is 6.92 Å². The second-order valence-electron chi connectivity index (χ2n) is 5.71. The molecule has 1 unspecified atom stereocenters. The molecule has 0 aliphatic heterocycles. The number of aromatic nitrogens is 2. The number of carbonyl (C=O) groups is 2. The highest BCUT2D eigenvalue weighted by Gasteiger charge is 2.33. The summed E-state index contributed by atoms with van der Waals surface area (Å²) in [5.41, 5.74) is 0.619. The van der Waals surface area contributed by atoms with Crippen LogP contribution in [-0.2, 0) is 27.0 Å². The number of rotatable bonds is 6. The highest BCUT2D eigenvalue weighted by atomic mass is 19.4. The lowest BCUT2D eigenvalue weighted by Gasteiger charge is -2.18. The van der Waals surface area contributed by atoms with Gasteiger partial charge in [0, 0.05) is 6.20 Å². The zero-order valence-corrected chi connectivity index (χ0v) is 14.2. The summed E-state index contributed by atoms with van der Waals surface area (Å²) in [5, 5.41) is 5.96. The third-order valence-electron chi connectivity index (χ3n) is 3.65. The number of nitrogens with one attached hydrogen (secondary N) is 1. The van der Waals surface area contributed by atoms with Crippen LogP contribution in [0.3, 0.4) is 0 Å². The smallest absolute Gasteiger partial charge is 0.435 e. The van der Waals surface area contributed by atoms with Crippen LogP contribution in [-0.4, -0.2) is 28.8 Å². The molecule has 2 aromatic rings. The first-order valence-corrected chi connectivity index (χ1v) is 7.72. The van der Waals surface area contributed by atoms with Crippen LogP contribution in [0.2, 0.25) is 0 Å². The number of alkyl halides is 3. The van der Waals surface area contributed by atoms with E-state index in [0.717, 1.165) is 22.5 Å². The largest absolute Gasteiger partial charge is 0.469 e. The van der Waals surface area contributed by atoms with Crippen molar-refractivity contribution in [2.45, 2.75) is 32.1 Å². The van der Waals surface area contributed by atoms with Crippen molar-refractivity contribution >= 4 is 11.9 Å². The van der Waals surface area contributed by atoms with E-state index in [1.807, 2.05) is 19.1 Å². The maximum Gasteiger partial charge on any atom is 0.435 e. The molecule has 140 valence electrons. The van der Waals surface area contributed by atoms with Crippen molar-refractivity contribution in [1.82, 2.24) is 15.1 Å². The number of benzene rings is 1. The SMILES string of the molecule is COC(=O)CC(NC(=O)Cn1ccc(C(F)(F)F)n1)c1ccc(C)cc1. The fraction of sp³-hybridized carbons (Fsp3) is 0.353. The van der Waals surface area contributed by atoms with Crippen LogP contribution in [0.25, 0.3) is 0 Å². The van der Waals surface area contributed by atoms with Gasteiger partial charge in [0.1, 0.15) is 6.54 Å². The lowest BCUT2D eigenvalue weighted by Crippen LogP contribution is -2.33. The highest BCUT2D eigenvalue weighted by Crippen LogP contribution is 2.27. The summed E-state index contributed by atoms with van der Waals surface area (Å²) >= 11 is 0. The van der Waals surface area contributed by atoms with Gasteiger partial charge in [-0.3, -0.25) is 14.3 Å². The molecule has 1 aromatic carbocycles. The summed E-state index contributed by atoms with van der Waals surface area (Å²) in [6.07, 6.45) is -3.60. The molecular weight excluding hydrogens is 351 g/mol. The molecule has 0 bridgehead atoms. The molecule has 0 saturated carbocycles. The molecule has 6 nitrogen and oxygen atoms in total. The standard InChI is InChI=1S/C17H18F3N3O3/c1-11-3-5-12(6-4-11)13(9-16(25)26-2)21-15(24)10-23-8-7-14(22-23)17(18,19)20/h3-8,13H,9-10H2,1-2H3,(H,21,24). The van der Waals surface area contributed by atoms with Crippen molar-refractivity contribution in [2.24, 2.45) is 0 Å². The Morgan fingerprint density at radius 2 is 1.88 bits per heavy atom. The fourth-order valence-corrected chi connectivity index (χ4v) is 2.29. The van der Waals surface area contributed by atoms with E-state index in [-0.39, 0.29) is 6.42 Å². The molecular formula is C17H18F3N3O3. The minimum Gasteiger partial charge on any atom is -0.469 e. The van der Waals surface area contributed by atoms with Crippen LogP contribution >= 0.6 is 0 Å². The maximum absolute atomic E-state index is 12.6. The lowest BCUT2D eigenvalue weighted by atomic mass is 10.0. The first-order valence-electron chi connectivity index (χ1n) is 7.72. The van der Waals surface area contributed by atoms with Crippen molar-refractivity contribution in [3.63, 3.8) is 0 Å². The second kappa shape index (κ2) is 8.03. The minimum atomic E-state index is -4.57. The van der Waals surface area contributed by atoms with Gasteiger partial charge in [-0.1, -0.05) is 29.8 Å². The van der Waals surface area contributed by atoms with Crippen molar-refractivity contribution in [3.8, 4) is 0 Å². The third-order valence-corrected chi connectivity index (χ3v) is 3.65. The molecule has 0 fully saturated rings. The van der Waals surface area contributed by atoms with Crippen LogP contribution in [0.4, 0.5) is 13.2 Å². The molecule has 1 aromatic heterocycles. The molecule has 1 N–H and O–H groups in total. The summed E-state index contributed by atoms with van der Waals surface area (Å²) in [6.45, 7) is 1.49. The molecule has 26 heavy (non-hydrogen) atoms. The summed E-state index contributed by atoms with van der Waals surface area (Å²) in [6, 6.07) is 7.31. The molecule has 1 amide bonds. The van der Waals surface area contributed by atoms with Crippen molar-refractivity contribution < 1.29 is 27.5 Å². The number of hydrogen-bond acceptors (Lipinski definition) is 4. The van der Waals surface area contributed by atoms with Crippen molar-refractivity contribution in [1.29, 1.82) is 0 Å². The Kier molecular flexibility index (Phi) is 6.01. The van der Waals surface area contributed by atoms with Crippen LogP contribution < -0.4 is 5.32 Å². The van der Waals surface area contributed by atoms with E-state index in [0.29, 0.717) is 5.56 Å². The zero-order chi connectivity index (χ0) is 19.3. The Bertz CT molecular complexity index is 770. The Labute approximate surface area is 147 Å². The quantitative estimate of drug-likeness (QED) is 0.795. The molecule has 0 spiro atoms. The Morgan fingerprint density at radius 1 is 1.23 bits per heavy atom. The van der Waals surface area contributed by atoms with Crippen LogP contribution in [0.1, 0.15) is 29.3 Å². The zero-order valence-electron chi connectivity index (χ0n) is 14.2. The summed E-state index contributed by atoms with van der Waals surface area (Å²) < 4.78 is 43.2. The monoisotopic (exact) mass is 369 g/mol. The van der Waals surface area contributed by atoms with Gasteiger partial charge >= 0.3 is 12.1 Å². The van der Waals surface area contributed by atoms with E-state index in [4.69, 9.17) is 0 Å². The molecule has 0 radical (unpaired) electrons. The average molecular weight is 369 g/mol. The topological polar surface area (TPSA) is 73.2 Å². The minimum absolute atomic E-state index is 0.0990. The lowest BCUT2D eigenvalue weighted by molar-refractivity contribution is -0.142. The summed E-state index contributed by atoms with van der Waals surface area (Å²) in [5.74, 6) is -1.09. The van der Waals surface area contributed by atoms with Gasteiger partial charge in [-0.05, 0) is 18.6 Å². The first kappa shape index (κ1) is 19.5. The van der Waals surface area contributed by atoms with Gasteiger partial charge in [-0.25, -0.2) is 0 Å². The highest BCUT2D eigenvalue weighted by molar-refractivity contribution is 5.77. The van der Waals surface area contributed by atoms with Gasteiger partial charge in [0.05, 0.1) is 19.6 Å². The number of hydrogen-bond donors (Lipinski definition) is 1. The molecule has 9 heteroatoms. The molecule has 0 aliphatic rings. The summed E-state index contributed by atoms with van der Waals surface area (Å²) in [4.78, 5) is 23.8. The number of methoxy groups -OCH3 is 1. The average Bonchev–Trinajstić information content (AvgIpc) is 3.03. The first-order chi connectivity index (χ1) is 12.2. The van der Waals surface area contributed by atoms with E-state index in [2.05, 4.69) is 15.2 Å². The van der Waals surface area contributed by atoms with Gasteiger partial charge in [-0.2, -0.15) is 18.3 Å². The van der Waals surface area contributed by atoms with E-state index >= 15 is 0 Å². The maximum atomic E-state index is 12.6. The number of amides is 1. The van der Waals surface area contributed by atoms with E-state index < -0.39 is 36.3 Å². The molecule has 1 atom stereocenters. The number of nitrogens with zero attached hydrogens (tertiary/aromatic N) is 2. The molecule has 2 rings (SSSR count). The predicted octanol–water partition coefficient (Wildman–Crippen LogP) is 2.63. The second-order valence-corrected chi connectivity index (χ2v) is 5.71. The number of carbonyl (C=O) groups excluding carboxylic acids is 2. The normalized spacial score (nSPS) is 12.5. The number of ether oxygens (including phenoxy) is 1. The van der Waals surface area contributed by atoms with Crippen LogP contribution in [0.5, 0.6) is 0 Å². The molecule has 0 aliphatic carbocycles. The summed E-state index contributed by atoms with van der Waals surface area (Å²) in [7, 11) is 1.23. The van der Waals surface area contributed by atoms with Gasteiger partial charge < -0.3 is 10.1 Å². The van der Waals surface area contributed by atoms with Gasteiger partial charge in [0.2, 0.25) is 5.91 Å². The number of esters is 1. The van der Waals surface area contributed by atoms with Crippen LogP contribution in [0.15, 0.2) is 36.5 Å². The molecule has 0 saturated heterocycles. The fourth-order valence-electron chi connectivity index (χ4n) is 2.29. The van der Waals surface area contributed by atoms with Gasteiger partial charge in [0.15, 0.2) is 5.69 Å². The van der Waals surface area contributed by atoms with Crippen molar-refractivity contribution in [3.05, 3.63) is 53.3 Å². The predicted molar refractivity (Wildman–Crippen MR) is 85.9 cm³/mol. The van der Waals surface area contributed by atoms with Crippen molar-refractivity contribution in [2.75, 3.05) is 7.11 Å². The van der Waals surface area contributed by atoms with E-state index in [1.165, 1.54) is 7.11 Å². The Morgan fingerprint density at radius 3 is 2.42 bits per heavy atom. The number of aryl methyl sites for hydroxylation is 1. The Hall–Kier alpha value is -2.84. The van der Waals surface area contributed by atoms with Gasteiger partial charge in [-0.15, -0.1) is 0 Å². The van der Waals surface area contributed by atoms with Gasteiger partial charge in [0.25, 0.3) is 0 Å². The van der Waals surface area contributed by atoms with E-state index in [1.54, 1.807) is 12.1 Å². The molecule has 1 heterocycles.